The fourth-order valence-electron chi connectivity index (χ4n) is 1.09. The molecular formula is C10H18O2. The van der Waals surface area contributed by atoms with Crippen LogP contribution in [-0.4, -0.2) is 11.1 Å². The van der Waals surface area contributed by atoms with Gasteiger partial charge in [0.05, 0.1) is 5.92 Å². The lowest BCUT2D eigenvalue weighted by molar-refractivity contribution is -0.141. The summed E-state index contributed by atoms with van der Waals surface area (Å²) in [5.74, 6) is -0.845. The van der Waals surface area contributed by atoms with Crippen LogP contribution >= 0.6 is 0 Å². The largest absolute Gasteiger partial charge is 0.481 e. The topological polar surface area (TPSA) is 37.3 Å². The van der Waals surface area contributed by atoms with Crippen molar-refractivity contribution in [3.05, 3.63) is 12.2 Å². The van der Waals surface area contributed by atoms with Gasteiger partial charge < -0.3 is 5.11 Å². The van der Waals surface area contributed by atoms with Crippen LogP contribution in [0.3, 0.4) is 0 Å². The maximum atomic E-state index is 10.7. The van der Waals surface area contributed by atoms with Gasteiger partial charge in [-0.05, 0) is 19.8 Å². The molecule has 1 N–H and O–H groups in total. The van der Waals surface area contributed by atoms with Crippen LogP contribution in [0.1, 0.15) is 39.5 Å². The van der Waals surface area contributed by atoms with Gasteiger partial charge in [0.1, 0.15) is 0 Å². The minimum atomic E-state index is -0.665. The summed E-state index contributed by atoms with van der Waals surface area (Å²) in [4.78, 5) is 10.7. The fourth-order valence-corrected chi connectivity index (χ4v) is 1.09. The number of hydrogen-bond acceptors (Lipinski definition) is 1. The lowest BCUT2D eigenvalue weighted by Gasteiger charge is -2.07. The average molecular weight is 170 g/mol. The van der Waals surface area contributed by atoms with Crippen molar-refractivity contribution in [1.29, 1.82) is 0 Å². The Hall–Kier alpha value is -0.790. The van der Waals surface area contributed by atoms with Gasteiger partial charge in [0.2, 0.25) is 0 Å². The molecule has 0 spiro atoms. The second-order valence-electron chi connectivity index (χ2n) is 2.98. The van der Waals surface area contributed by atoms with Crippen LogP contribution in [0, 0.1) is 5.92 Å². The van der Waals surface area contributed by atoms with E-state index in [9.17, 15) is 4.79 Å². The molecule has 1 unspecified atom stereocenters. The Morgan fingerprint density at radius 2 is 2.25 bits per heavy atom. The SMILES string of the molecule is C/C=C\CC(CCCC)C(=O)O. The van der Waals surface area contributed by atoms with Crippen molar-refractivity contribution in [3.63, 3.8) is 0 Å². The second kappa shape index (κ2) is 6.89. The monoisotopic (exact) mass is 170 g/mol. The molecule has 0 saturated heterocycles. The molecule has 70 valence electrons. The Morgan fingerprint density at radius 3 is 2.67 bits per heavy atom. The summed E-state index contributed by atoms with van der Waals surface area (Å²) in [5, 5.41) is 8.79. The zero-order chi connectivity index (χ0) is 9.40. The Balaban J connectivity index is 3.78. The molecule has 0 aliphatic carbocycles. The van der Waals surface area contributed by atoms with Gasteiger partial charge in [-0.25, -0.2) is 0 Å². The number of hydrogen-bond donors (Lipinski definition) is 1. The molecule has 0 aromatic heterocycles. The summed E-state index contributed by atoms with van der Waals surface area (Å²) < 4.78 is 0. The molecule has 12 heavy (non-hydrogen) atoms. The number of rotatable bonds is 6. The minimum absolute atomic E-state index is 0.179. The lowest BCUT2D eigenvalue weighted by atomic mass is 9.99. The standard InChI is InChI=1S/C10H18O2/c1-3-5-7-9(10(11)12)8-6-4-2/h3,5,9H,4,6-8H2,1-2H3,(H,11,12)/b5-3-. The van der Waals surface area contributed by atoms with E-state index in [2.05, 4.69) is 6.92 Å². The molecule has 2 heteroatoms. The van der Waals surface area contributed by atoms with Crippen LogP contribution in [-0.2, 0) is 4.79 Å². The van der Waals surface area contributed by atoms with E-state index in [0.29, 0.717) is 6.42 Å². The molecule has 0 aliphatic heterocycles. The summed E-state index contributed by atoms with van der Waals surface area (Å²) in [7, 11) is 0. The number of allylic oxidation sites excluding steroid dienone is 2. The predicted octanol–water partition coefficient (Wildman–Crippen LogP) is 2.84. The third-order valence-electron chi connectivity index (χ3n) is 1.91. The Morgan fingerprint density at radius 1 is 1.58 bits per heavy atom. The van der Waals surface area contributed by atoms with E-state index in [1.807, 2.05) is 19.1 Å². The summed E-state index contributed by atoms with van der Waals surface area (Å²) in [6.07, 6.45) is 7.38. The minimum Gasteiger partial charge on any atom is -0.481 e. The van der Waals surface area contributed by atoms with Crippen molar-refractivity contribution >= 4 is 5.97 Å². The van der Waals surface area contributed by atoms with Crippen LogP contribution in [0.2, 0.25) is 0 Å². The first-order valence-electron chi connectivity index (χ1n) is 4.56. The molecule has 0 radical (unpaired) electrons. The van der Waals surface area contributed by atoms with Crippen LogP contribution in [0.15, 0.2) is 12.2 Å². The zero-order valence-electron chi connectivity index (χ0n) is 7.92. The van der Waals surface area contributed by atoms with E-state index in [4.69, 9.17) is 5.11 Å². The highest BCUT2D eigenvalue weighted by Gasteiger charge is 2.14. The van der Waals surface area contributed by atoms with Gasteiger partial charge in [-0.15, -0.1) is 0 Å². The van der Waals surface area contributed by atoms with E-state index in [0.717, 1.165) is 19.3 Å². The van der Waals surface area contributed by atoms with Gasteiger partial charge in [0.25, 0.3) is 0 Å². The van der Waals surface area contributed by atoms with Gasteiger partial charge >= 0.3 is 5.97 Å². The van der Waals surface area contributed by atoms with E-state index in [1.165, 1.54) is 0 Å². The Labute approximate surface area is 74.3 Å². The highest BCUT2D eigenvalue weighted by molar-refractivity contribution is 5.70. The van der Waals surface area contributed by atoms with Crippen molar-refractivity contribution < 1.29 is 9.90 Å². The van der Waals surface area contributed by atoms with Crippen LogP contribution in [0.4, 0.5) is 0 Å². The number of carboxylic acid groups (broad SMARTS) is 1. The summed E-state index contributed by atoms with van der Waals surface area (Å²) in [6, 6.07) is 0. The second-order valence-corrected chi connectivity index (χ2v) is 2.98. The number of aliphatic carboxylic acids is 1. The molecule has 0 aromatic rings. The third-order valence-corrected chi connectivity index (χ3v) is 1.91. The van der Waals surface area contributed by atoms with E-state index in [1.54, 1.807) is 0 Å². The molecule has 0 saturated carbocycles. The van der Waals surface area contributed by atoms with E-state index >= 15 is 0 Å². The van der Waals surface area contributed by atoms with E-state index < -0.39 is 5.97 Å². The normalized spacial score (nSPS) is 13.5. The molecule has 0 amide bonds. The molecule has 2 nitrogen and oxygen atoms in total. The summed E-state index contributed by atoms with van der Waals surface area (Å²) in [6.45, 7) is 3.99. The molecular weight excluding hydrogens is 152 g/mol. The Bertz CT molecular complexity index is 150. The molecule has 0 heterocycles. The smallest absolute Gasteiger partial charge is 0.306 e. The number of carbonyl (C=O) groups is 1. The lowest BCUT2D eigenvalue weighted by Crippen LogP contribution is -2.12. The zero-order valence-corrected chi connectivity index (χ0v) is 7.92. The van der Waals surface area contributed by atoms with Crippen molar-refractivity contribution in [2.24, 2.45) is 5.92 Å². The van der Waals surface area contributed by atoms with Gasteiger partial charge in [-0.3, -0.25) is 4.79 Å². The predicted molar refractivity (Wildman–Crippen MR) is 50.1 cm³/mol. The molecule has 1 atom stereocenters. The van der Waals surface area contributed by atoms with Crippen molar-refractivity contribution in [2.45, 2.75) is 39.5 Å². The van der Waals surface area contributed by atoms with Crippen LogP contribution < -0.4 is 0 Å². The highest BCUT2D eigenvalue weighted by Crippen LogP contribution is 2.13. The van der Waals surface area contributed by atoms with Gasteiger partial charge in [0.15, 0.2) is 0 Å². The average Bonchev–Trinajstić information content (AvgIpc) is 2.04. The fraction of sp³-hybridized carbons (Fsp3) is 0.700. The quantitative estimate of drug-likeness (QED) is 0.622. The third kappa shape index (κ3) is 4.94. The van der Waals surface area contributed by atoms with Crippen molar-refractivity contribution in [3.8, 4) is 0 Å². The maximum Gasteiger partial charge on any atom is 0.306 e. The van der Waals surface area contributed by atoms with Crippen LogP contribution in [0.25, 0.3) is 0 Å². The van der Waals surface area contributed by atoms with Crippen LogP contribution in [0.5, 0.6) is 0 Å². The van der Waals surface area contributed by atoms with Gasteiger partial charge in [-0.1, -0.05) is 31.9 Å². The molecule has 0 aliphatic rings. The van der Waals surface area contributed by atoms with Gasteiger partial charge in [-0.2, -0.15) is 0 Å². The molecule has 0 bridgehead atoms. The van der Waals surface area contributed by atoms with Crippen molar-refractivity contribution in [1.82, 2.24) is 0 Å². The Kier molecular flexibility index (Phi) is 6.44. The summed E-state index contributed by atoms with van der Waals surface area (Å²) in [5.41, 5.74) is 0. The van der Waals surface area contributed by atoms with Gasteiger partial charge in [0, 0.05) is 0 Å². The molecule has 0 fully saturated rings. The highest BCUT2D eigenvalue weighted by atomic mass is 16.4. The first kappa shape index (κ1) is 11.2. The maximum absolute atomic E-state index is 10.7. The molecule has 0 aromatic carbocycles. The summed E-state index contributed by atoms with van der Waals surface area (Å²) >= 11 is 0. The van der Waals surface area contributed by atoms with Crippen molar-refractivity contribution in [2.75, 3.05) is 0 Å². The first-order valence-corrected chi connectivity index (χ1v) is 4.56. The first-order chi connectivity index (χ1) is 5.72. The number of unbranched alkanes of at least 4 members (excludes halogenated alkanes) is 1. The molecule has 0 rings (SSSR count). The van der Waals surface area contributed by atoms with E-state index in [-0.39, 0.29) is 5.92 Å². The number of carboxylic acids is 1.